The first-order valence-corrected chi connectivity index (χ1v) is 3.17. The molecule has 1 radical (unpaired) electrons. The molecule has 0 fully saturated rings. The number of hydrogen-bond donors (Lipinski definition) is 4. The van der Waals surface area contributed by atoms with Crippen LogP contribution < -0.4 is 0 Å². The molecule has 0 aromatic rings. The van der Waals surface area contributed by atoms with Crippen molar-refractivity contribution < 1.29 is 54.3 Å². The molecule has 0 aliphatic rings. The summed E-state index contributed by atoms with van der Waals surface area (Å²) >= 11 is 0. The summed E-state index contributed by atoms with van der Waals surface area (Å²) in [4.78, 5) is 30.5. The van der Waals surface area contributed by atoms with Crippen molar-refractivity contribution in [3.05, 3.63) is 0 Å². The van der Waals surface area contributed by atoms with E-state index in [-0.39, 0.29) is 19.5 Å². The Morgan fingerprint density at radius 3 is 1.36 bits per heavy atom. The number of carbonyl (C=O) groups is 3. The maximum atomic E-state index is 10.3. The van der Waals surface area contributed by atoms with Crippen LogP contribution in [0.4, 0.5) is 0 Å². The molecule has 0 aliphatic heterocycles. The molecular formula is C6H8O7Rh+2. The van der Waals surface area contributed by atoms with E-state index in [9.17, 15) is 14.4 Å². The topological polar surface area (TPSA) is 132 Å². The Kier molecular flexibility index (Phi) is 6.26. The predicted octanol–water partition coefficient (Wildman–Crippen LogP) is -1.25. The van der Waals surface area contributed by atoms with Gasteiger partial charge in [0.2, 0.25) is 0 Å². The van der Waals surface area contributed by atoms with Crippen LogP contribution in [-0.4, -0.2) is 43.9 Å². The van der Waals surface area contributed by atoms with Crippen LogP contribution in [0.1, 0.15) is 12.8 Å². The van der Waals surface area contributed by atoms with Gasteiger partial charge in [0.1, 0.15) is 0 Å². The summed E-state index contributed by atoms with van der Waals surface area (Å²) in [5.74, 6) is -5.02. The van der Waals surface area contributed by atoms with Crippen molar-refractivity contribution in [3.8, 4) is 0 Å². The SMILES string of the molecule is O=C(O)CC(O)(CC(=O)O)C(=O)O.[Rh+2]. The zero-order chi connectivity index (χ0) is 10.6. The molecule has 0 saturated carbocycles. The fraction of sp³-hybridized carbons (Fsp3) is 0.500. The van der Waals surface area contributed by atoms with Crippen LogP contribution in [0.5, 0.6) is 0 Å². The summed E-state index contributed by atoms with van der Waals surface area (Å²) in [6.45, 7) is 0. The summed E-state index contributed by atoms with van der Waals surface area (Å²) in [5.41, 5.74) is -2.74. The van der Waals surface area contributed by atoms with Gasteiger partial charge in [-0.1, -0.05) is 0 Å². The molecule has 0 bridgehead atoms. The molecule has 0 rings (SSSR count). The Labute approximate surface area is 91.1 Å². The number of carboxylic acids is 3. The average molecular weight is 295 g/mol. The first kappa shape index (κ1) is 15.5. The molecular weight excluding hydrogens is 287 g/mol. The molecule has 0 amide bonds. The van der Waals surface area contributed by atoms with Gasteiger partial charge in [0, 0.05) is 0 Å². The van der Waals surface area contributed by atoms with E-state index in [2.05, 4.69) is 0 Å². The minimum atomic E-state index is -2.74. The Balaban J connectivity index is 0. The van der Waals surface area contributed by atoms with E-state index in [1.807, 2.05) is 0 Å². The van der Waals surface area contributed by atoms with Gasteiger partial charge in [-0.15, -0.1) is 0 Å². The van der Waals surface area contributed by atoms with Gasteiger partial charge >= 0.3 is 37.4 Å². The molecule has 4 N–H and O–H groups in total. The van der Waals surface area contributed by atoms with Crippen molar-refractivity contribution in [1.82, 2.24) is 0 Å². The predicted molar refractivity (Wildman–Crippen MR) is 37.1 cm³/mol. The Morgan fingerprint density at radius 1 is 0.929 bits per heavy atom. The number of aliphatic carboxylic acids is 3. The van der Waals surface area contributed by atoms with Crippen LogP contribution in [0, 0.1) is 0 Å². The number of aliphatic hydroxyl groups is 1. The third-order valence-corrected chi connectivity index (χ3v) is 1.29. The monoisotopic (exact) mass is 295 g/mol. The molecule has 0 aliphatic carbocycles. The standard InChI is InChI=1S/C6H8O7.Rh/c7-3(8)1-6(13,5(11)12)2-4(9)10;/h13H,1-2H2,(H,7,8)(H,9,10)(H,11,12);/q;+2. The van der Waals surface area contributed by atoms with Crippen molar-refractivity contribution in [2.24, 2.45) is 0 Å². The summed E-state index contributed by atoms with van der Waals surface area (Å²) in [6, 6.07) is 0. The van der Waals surface area contributed by atoms with Crippen molar-refractivity contribution in [2.75, 3.05) is 0 Å². The molecule has 0 heterocycles. The number of carboxylic acid groups (broad SMARTS) is 3. The molecule has 0 aromatic carbocycles. The minimum absolute atomic E-state index is 0. The summed E-state index contributed by atoms with van der Waals surface area (Å²) in [5, 5.41) is 33.8. The fourth-order valence-electron chi connectivity index (χ4n) is 0.714. The van der Waals surface area contributed by atoms with Crippen molar-refractivity contribution >= 4 is 17.9 Å². The summed E-state index contributed by atoms with van der Waals surface area (Å²) in [6.07, 6.45) is -2.29. The second-order valence-electron chi connectivity index (χ2n) is 2.48. The van der Waals surface area contributed by atoms with Crippen LogP contribution in [0.3, 0.4) is 0 Å². The molecule has 0 aromatic heterocycles. The van der Waals surface area contributed by atoms with Crippen LogP contribution in [0.25, 0.3) is 0 Å². The van der Waals surface area contributed by atoms with Crippen LogP contribution in [0.15, 0.2) is 0 Å². The van der Waals surface area contributed by atoms with Crippen LogP contribution in [0.2, 0.25) is 0 Å². The van der Waals surface area contributed by atoms with Gasteiger partial charge in [0.05, 0.1) is 12.8 Å². The van der Waals surface area contributed by atoms with E-state index < -0.39 is 36.4 Å². The second-order valence-corrected chi connectivity index (χ2v) is 2.48. The van der Waals surface area contributed by atoms with E-state index >= 15 is 0 Å². The minimum Gasteiger partial charge on any atom is -0.481 e. The van der Waals surface area contributed by atoms with E-state index in [0.29, 0.717) is 0 Å². The maximum absolute atomic E-state index is 10.3. The van der Waals surface area contributed by atoms with Gasteiger partial charge in [-0.25, -0.2) is 4.79 Å². The zero-order valence-corrected chi connectivity index (χ0v) is 8.40. The van der Waals surface area contributed by atoms with E-state index in [1.54, 1.807) is 0 Å². The molecule has 81 valence electrons. The largest absolute Gasteiger partial charge is 2.00 e. The van der Waals surface area contributed by atoms with Crippen molar-refractivity contribution in [3.63, 3.8) is 0 Å². The Hall–Kier alpha value is -1.01. The zero-order valence-electron chi connectivity index (χ0n) is 6.76. The van der Waals surface area contributed by atoms with Crippen LogP contribution in [-0.2, 0) is 33.9 Å². The van der Waals surface area contributed by atoms with Gasteiger partial charge in [-0.3, -0.25) is 9.59 Å². The average Bonchev–Trinajstić information content (AvgIpc) is 1.82. The van der Waals surface area contributed by atoms with Gasteiger partial charge in [0.25, 0.3) is 0 Å². The summed E-state index contributed by atoms with van der Waals surface area (Å²) in [7, 11) is 0. The quantitative estimate of drug-likeness (QED) is 0.466. The normalized spacial score (nSPS) is 10.1. The van der Waals surface area contributed by atoms with E-state index in [4.69, 9.17) is 20.4 Å². The molecule has 0 saturated heterocycles. The van der Waals surface area contributed by atoms with E-state index in [1.165, 1.54) is 0 Å². The Morgan fingerprint density at radius 2 is 1.21 bits per heavy atom. The third-order valence-electron chi connectivity index (χ3n) is 1.29. The fourth-order valence-corrected chi connectivity index (χ4v) is 0.714. The molecule has 7 nitrogen and oxygen atoms in total. The summed E-state index contributed by atoms with van der Waals surface area (Å²) < 4.78 is 0. The number of rotatable bonds is 5. The molecule has 14 heavy (non-hydrogen) atoms. The number of hydrogen-bond acceptors (Lipinski definition) is 4. The second kappa shape index (κ2) is 5.67. The first-order chi connectivity index (χ1) is 5.78. The third kappa shape index (κ3) is 4.88. The molecule has 0 spiro atoms. The first-order valence-electron chi connectivity index (χ1n) is 3.17. The maximum Gasteiger partial charge on any atom is 2.00 e. The van der Waals surface area contributed by atoms with Crippen molar-refractivity contribution in [1.29, 1.82) is 0 Å². The Bertz CT molecular complexity index is 233. The van der Waals surface area contributed by atoms with Gasteiger partial charge < -0.3 is 20.4 Å². The van der Waals surface area contributed by atoms with Gasteiger partial charge in [-0.05, 0) is 0 Å². The molecule has 0 atom stereocenters. The van der Waals surface area contributed by atoms with Crippen LogP contribution >= 0.6 is 0 Å². The molecule has 0 unspecified atom stereocenters. The van der Waals surface area contributed by atoms with Crippen molar-refractivity contribution in [2.45, 2.75) is 18.4 Å². The smallest absolute Gasteiger partial charge is 0.481 e. The van der Waals surface area contributed by atoms with Gasteiger partial charge in [0.15, 0.2) is 5.60 Å². The van der Waals surface area contributed by atoms with Gasteiger partial charge in [-0.2, -0.15) is 0 Å². The molecule has 8 heteroatoms. The van der Waals surface area contributed by atoms with E-state index in [0.717, 1.165) is 0 Å².